The number of rotatable bonds is 2. The van der Waals surface area contributed by atoms with Gasteiger partial charge in [0.1, 0.15) is 5.82 Å². The van der Waals surface area contributed by atoms with E-state index < -0.39 is 0 Å². The molecule has 0 unspecified atom stereocenters. The number of halogens is 1. The zero-order valence-corrected chi connectivity index (χ0v) is 7.87. The fraction of sp³-hybridized carbons (Fsp3) is 0.250. The number of aryl methyl sites for hydroxylation is 1. The molecule has 0 aliphatic rings. The highest BCUT2D eigenvalue weighted by Crippen LogP contribution is 1.97. The molecule has 1 aromatic heterocycles. The van der Waals surface area contributed by atoms with E-state index in [-0.39, 0.29) is 0 Å². The van der Waals surface area contributed by atoms with Gasteiger partial charge >= 0.3 is 0 Å². The van der Waals surface area contributed by atoms with Gasteiger partial charge in [0.2, 0.25) is 0 Å². The Balaban J connectivity index is 2.79. The predicted octanol–water partition coefficient (Wildman–Crippen LogP) is 2.19. The highest BCUT2D eigenvalue weighted by molar-refractivity contribution is 9.09. The summed E-state index contributed by atoms with van der Waals surface area (Å²) in [6, 6.07) is 1.88. The van der Waals surface area contributed by atoms with Crippen LogP contribution in [0.25, 0.3) is 6.08 Å². The third-order valence-corrected chi connectivity index (χ3v) is 1.55. The second kappa shape index (κ2) is 4.23. The van der Waals surface area contributed by atoms with Crippen molar-refractivity contribution in [2.75, 3.05) is 5.33 Å². The average molecular weight is 213 g/mol. The Kier molecular flexibility index (Phi) is 3.23. The summed E-state index contributed by atoms with van der Waals surface area (Å²) in [6.45, 7) is 1.88. The zero-order valence-electron chi connectivity index (χ0n) is 6.29. The predicted molar refractivity (Wildman–Crippen MR) is 49.6 cm³/mol. The van der Waals surface area contributed by atoms with Crippen molar-refractivity contribution in [2.24, 2.45) is 0 Å². The van der Waals surface area contributed by atoms with Gasteiger partial charge in [0.25, 0.3) is 0 Å². The van der Waals surface area contributed by atoms with Crippen molar-refractivity contribution >= 4 is 22.0 Å². The van der Waals surface area contributed by atoms with Crippen LogP contribution < -0.4 is 0 Å². The monoisotopic (exact) mass is 212 g/mol. The maximum absolute atomic E-state index is 4.19. The van der Waals surface area contributed by atoms with E-state index in [1.54, 1.807) is 6.20 Å². The summed E-state index contributed by atoms with van der Waals surface area (Å²) < 4.78 is 0. The average Bonchev–Trinajstić information content (AvgIpc) is 2.01. The Bertz CT molecular complexity index is 258. The van der Waals surface area contributed by atoms with E-state index >= 15 is 0 Å². The summed E-state index contributed by atoms with van der Waals surface area (Å²) in [5.74, 6) is 0.807. The summed E-state index contributed by atoms with van der Waals surface area (Å²) in [5, 5.41) is 0.857. The summed E-state index contributed by atoms with van der Waals surface area (Å²) in [6.07, 6.45) is 5.72. The molecule has 3 heteroatoms. The van der Waals surface area contributed by atoms with Gasteiger partial charge < -0.3 is 0 Å². The van der Waals surface area contributed by atoms with Gasteiger partial charge in [0, 0.05) is 11.5 Å². The molecule has 0 bridgehead atoms. The first-order valence-electron chi connectivity index (χ1n) is 3.35. The van der Waals surface area contributed by atoms with Crippen LogP contribution in [0.4, 0.5) is 0 Å². The summed E-state index contributed by atoms with van der Waals surface area (Å²) >= 11 is 3.30. The fourth-order valence-electron chi connectivity index (χ4n) is 0.733. The van der Waals surface area contributed by atoms with E-state index in [2.05, 4.69) is 25.9 Å². The quantitative estimate of drug-likeness (QED) is 0.703. The standard InChI is InChI=1S/C8H9BrN2/c1-7-10-6-4-8(11-7)3-2-5-9/h2-4,6H,5H2,1H3/b3-2+. The molecular weight excluding hydrogens is 204 g/mol. The van der Waals surface area contributed by atoms with Gasteiger partial charge in [-0.1, -0.05) is 22.0 Å². The molecule has 11 heavy (non-hydrogen) atoms. The molecular formula is C8H9BrN2. The molecule has 0 aliphatic carbocycles. The molecule has 2 nitrogen and oxygen atoms in total. The van der Waals surface area contributed by atoms with Crippen LogP contribution in [0.2, 0.25) is 0 Å². The van der Waals surface area contributed by atoms with E-state index in [9.17, 15) is 0 Å². The molecule has 58 valence electrons. The van der Waals surface area contributed by atoms with Gasteiger partial charge in [-0.3, -0.25) is 0 Å². The Morgan fingerprint density at radius 2 is 2.45 bits per heavy atom. The van der Waals surface area contributed by atoms with Crippen molar-refractivity contribution in [1.82, 2.24) is 9.97 Å². The van der Waals surface area contributed by atoms with E-state index in [1.165, 1.54) is 0 Å². The van der Waals surface area contributed by atoms with Gasteiger partial charge in [0.05, 0.1) is 5.69 Å². The lowest BCUT2D eigenvalue weighted by atomic mass is 10.3. The Morgan fingerprint density at radius 3 is 3.09 bits per heavy atom. The van der Waals surface area contributed by atoms with Crippen LogP contribution in [0.1, 0.15) is 11.5 Å². The molecule has 0 N–H and O–H groups in total. The van der Waals surface area contributed by atoms with Crippen molar-refractivity contribution in [2.45, 2.75) is 6.92 Å². The number of nitrogens with zero attached hydrogens (tertiary/aromatic N) is 2. The fourth-order valence-corrected chi connectivity index (χ4v) is 0.919. The van der Waals surface area contributed by atoms with Gasteiger partial charge in [-0.15, -0.1) is 0 Å². The third-order valence-electron chi connectivity index (χ3n) is 1.18. The number of hydrogen-bond acceptors (Lipinski definition) is 2. The molecule has 0 atom stereocenters. The largest absolute Gasteiger partial charge is 0.242 e. The maximum atomic E-state index is 4.19. The van der Waals surface area contributed by atoms with Gasteiger partial charge in [-0.05, 0) is 19.1 Å². The molecule has 0 saturated heterocycles. The highest BCUT2D eigenvalue weighted by atomic mass is 79.9. The molecule has 0 amide bonds. The Hall–Kier alpha value is -0.700. The second-order valence-corrected chi connectivity index (χ2v) is 2.73. The topological polar surface area (TPSA) is 25.8 Å². The van der Waals surface area contributed by atoms with Crippen molar-refractivity contribution in [1.29, 1.82) is 0 Å². The number of hydrogen-bond donors (Lipinski definition) is 0. The first-order chi connectivity index (χ1) is 5.33. The lowest BCUT2D eigenvalue weighted by Gasteiger charge is -1.92. The minimum absolute atomic E-state index is 0.807. The number of allylic oxidation sites excluding steroid dienone is 1. The summed E-state index contributed by atoms with van der Waals surface area (Å²) in [7, 11) is 0. The van der Waals surface area contributed by atoms with Gasteiger partial charge in [0.15, 0.2) is 0 Å². The number of alkyl halides is 1. The van der Waals surface area contributed by atoms with Crippen LogP contribution >= 0.6 is 15.9 Å². The molecule has 0 radical (unpaired) electrons. The number of aromatic nitrogens is 2. The lowest BCUT2D eigenvalue weighted by Crippen LogP contribution is -1.87. The Morgan fingerprint density at radius 1 is 1.64 bits per heavy atom. The van der Waals surface area contributed by atoms with Crippen LogP contribution in [0, 0.1) is 6.92 Å². The van der Waals surface area contributed by atoms with Gasteiger partial charge in [-0.2, -0.15) is 0 Å². The molecule has 0 fully saturated rings. The molecule has 0 spiro atoms. The van der Waals surface area contributed by atoms with Gasteiger partial charge in [-0.25, -0.2) is 9.97 Å². The molecule has 1 aromatic rings. The zero-order chi connectivity index (χ0) is 8.10. The highest BCUT2D eigenvalue weighted by Gasteiger charge is 1.87. The van der Waals surface area contributed by atoms with E-state index in [4.69, 9.17) is 0 Å². The minimum atomic E-state index is 0.807. The van der Waals surface area contributed by atoms with Crippen LogP contribution in [-0.2, 0) is 0 Å². The van der Waals surface area contributed by atoms with Crippen molar-refractivity contribution in [3.63, 3.8) is 0 Å². The van der Waals surface area contributed by atoms with E-state index in [0.717, 1.165) is 16.8 Å². The van der Waals surface area contributed by atoms with Crippen LogP contribution in [0.15, 0.2) is 18.3 Å². The van der Waals surface area contributed by atoms with Crippen LogP contribution in [0.3, 0.4) is 0 Å². The molecule has 1 heterocycles. The van der Waals surface area contributed by atoms with E-state index in [1.807, 2.05) is 25.1 Å². The SMILES string of the molecule is Cc1nccc(/C=C/CBr)n1. The molecule has 0 saturated carbocycles. The molecule has 0 aliphatic heterocycles. The van der Waals surface area contributed by atoms with Crippen molar-refractivity contribution < 1.29 is 0 Å². The summed E-state index contributed by atoms with van der Waals surface area (Å²) in [5.41, 5.74) is 0.956. The molecule has 1 rings (SSSR count). The normalized spacial score (nSPS) is 10.7. The Labute approximate surface area is 74.5 Å². The lowest BCUT2D eigenvalue weighted by molar-refractivity contribution is 1.04. The third kappa shape index (κ3) is 2.80. The summed E-state index contributed by atoms with van der Waals surface area (Å²) in [4.78, 5) is 8.18. The van der Waals surface area contributed by atoms with E-state index in [0.29, 0.717) is 0 Å². The van der Waals surface area contributed by atoms with Crippen LogP contribution in [-0.4, -0.2) is 15.3 Å². The maximum Gasteiger partial charge on any atom is 0.125 e. The first kappa shape index (κ1) is 8.40. The first-order valence-corrected chi connectivity index (χ1v) is 4.47. The smallest absolute Gasteiger partial charge is 0.125 e. The molecule has 0 aromatic carbocycles. The van der Waals surface area contributed by atoms with Crippen molar-refractivity contribution in [3.8, 4) is 0 Å². The second-order valence-electron chi connectivity index (χ2n) is 2.09. The minimum Gasteiger partial charge on any atom is -0.242 e. The van der Waals surface area contributed by atoms with Crippen molar-refractivity contribution in [3.05, 3.63) is 29.9 Å². The van der Waals surface area contributed by atoms with Crippen LogP contribution in [0.5, 0.6) is 0 Å².